The summed E-state index contributed by atoms with van der Waals surface area (Å²) in [6, 6.07) is 5.62. The molecule has 2 saturated carbocycles. The molecule has 4 amide bonds. The molecule has 2 aromatic carbocycles. The summed E-state index contributed by atoms with van der Waals surface area (Å²) < 4.78 is 21.4. The number of rotatable bonds is 19. The molecular formula is C46H64N4O7S. The molecule has 4 unspecified atom stereocenters. The molecule has 3 N–H and O–H groups in total. The minimum absolute atomic E-state index is 0.00554. The molecule has 2 aliphatic heterocycles. The van der Waals surface area contributed by atoms with Crippen LogP contribution < -0.4 is 24.8 Å². The van der Waals surface area contributed by atoms with Gasteiger partial charge in [0.1, 0.15) is 40.8 Å². The van der Waals surface area contributed by atoms with Crippen molar-refractivity contribution in [1.82, 2.24) is 20.3 Å². The fraction of sp³-hybridized carbons (Fsp3) is 0.609. The zero-order chi connectivity index (χ0) is 41.7. The number of alkyl carbamates (subject to hydrolysis) is 1. The number of nitrogens with zero attached hydrogens (tertiary/aromatic N) is 1. The van der Waals surface area contributed by atoms with Crippen LogP contribution in [0.25, 0.3) is 10.8 Å². The Bertz CT molecular complexity index is 1870. The topological polar surface area (TPSA) is 135 Å². The van der Waals surface area contributed by atoms with Crippen molar-refractivity contribution in [3.8, 4) is 11.5 Å². The molecule has 0 aromatic heterocycles. The lowest BCUT2D eigenvalue weighted by Gasteiger charge is -2.37. The average Bonchev–Trinajstić information content (AvgIpc) is 4.13. The van der Waals surface area contributed by atoms with E-state index in [0.29, 0.717) is 31.6 Å². The van der Waals surface area contributed by atoms with Crippen LogP contribution in [0.2, 0.25) is 0 Å². The minimum Gasteiger partial charge on any atom is -0.497 e. The Hall–Kier alpha value is -4.19. The van der Waals surface area contributed by atoms with Crippen LogP contribution in [0, 0.1) is 0 Å². The number of carbonyl (C=O) groups excluding carboxylic acids is 4. The van der Waals surface area contributed by atoms with Crippen molar-refractivity contribution in [3.05, 3.63) is 60.7 Å². The van der Waals surface area contributed by atoms with Crippen molar-refractivity contribution in [3.63, 3.8) is 0 Å². The number of hydrogen-bond acceptors (Lipinski definition) is 8. The predicted octanol–water partition coefficient (Wildman–Crippen LogP) is 8.58. The van der Waals surface area contributed by atoms with Crippen LogP contribution in [0.15, 0.2) is 49.6 Å². The Morgan fingerprint density at radius 3 is 2.41 bits per heavy atom. The van der Waals surface area contributed by atoms with E-state index in [1.807, 2.05) is 12.1 Å². The number of benzene rings is 2. The summed E-state index contributed by atoms with van der Waals surface area (Å²) in [7, 11) is 1.66. The Morgan fingerprint density at radius 1 is 1.00 bits per heavy atom. The number of unbranched alkanes of at least 4 members (excludes halogenated alkanes) is 5. The van der Waals surface area contributed by atoms with Gasteiger partial charge in [0.05, 0.1) is 13.7 Å². The molecular weight excluding hydrogens is 753 g/mol. The first-order valence-corrected chi connectivity index (χ1v) is 22.1. The fourth-order valence-electron chi connectivity index (χ4n) is 8.20. The van der Waals surface area contributed by atoms with Crippen molar-refractivity contribution in [2.24, 2.45) is 0 Å². The van der Waals surface area contributed by atoms with Crippen molar-refractivity contribution in [1.29, 1.82) is 0 Å². The standard InChI is InChI=1S/C46H64N4O7S/c1-8-10-11-12-13-14-15-17-37(48-43(54)57-44(3,4)5)42(53)50-29-46(28-38(50)41(52)47-36(16-9-2)40(51)49-58-45(6)24-25-45)23-22-33-34-27-32(55-7)21-20-31(34)26-35(30-18-19-30)39(33)56-46/h8-9,20-21,26-27,30,36-38H,1-2,10-19,22-25,28-29H2,3-7H3,(H,47,52)(H,48,54)(H,49,51). The van der Waals surface area contributed by atoms with Crippen molar-refractivity contribution in [2.45, 2.75) is 164 Å². The van der Waals surface area contributed by atoms with Gasteiger partial charge in [-0.2, -0.15) is 0 Å². The zero-order valence-electron chi connectivity index (χ0n) is 35.2. The van der Waals surface area contributed by atoms with Gasteiger partial charge in [0.25, 0.3) is 5.91 Å². The molecule has 11 nitrogen and oxygen atoms in total. The third-order valence-electron chi connectivity index (χ3n) is 11.9. The van der Waals surface area contributed by atoms with Gasteiger partial charge in [-0.3, -0.25) is 19.1 Å². The van der Waals surface area contributed by atoms with Gasteiger partial charge in [0, 0.05) is 16.7 Å². The Balaban J connectivity index is 1.30. The Morgan fingerprint density at radius 2 is 1.74 bits per heavy atom. The highest BCUT2D eigenvalue weighted by molar-refractivity contribution is 7.99. The molecule has 0 bridgehead atoms. The monoisotopic (exact) mass is 816 g/mol. The summed E-state index contributed by atoms with van der Waals surface area (Å²) in [4.78, 5) is 57.8. The number of carbonyl (C=O) groups is 4. The third-order valence-corrected chi connectivity index (χ3v) is 13.1. The molecule has 2 aromatic rings. The number of allylic oxidation sites excluding steroid dienone is 1. The van der Waals surface area contributed by atoms with Crippen LogP contribution in [0.4, 0.5) is 4.79 Å². The number of aryl methyl sites for hydroxylation is 1. The fourth-order valence-corrected chi connectivity index (χ4v) is 8.99. The van der Waals surface area contributed by atoms with Crippen LogP contribution in [0.3, 0.4) is 0 Å². The maximum absolute atomic E-state index is 14.9. The molecule has 3 fully saturated rings. The van der Waals surface area contributed by atoms with Gasteiger partial charge in [0.15, 0.2) is 0 Å². The van der Waals surface area contributed by atoms with Gasteiger partial charge >= 0.3 is 6.09 Å². The molecule has 12 heteroatoms. The van der Waals surface area contributed by atoms with E-state index in [4.69, 9.17) is 14.2 Å². The van der Waals surface area contributed by atoms with E-state index >= 15 is 0 Å². The molecule has 6 rings (SSSR count). The van der Waals surface area contributed by atoms with Gasteiger partial charge in [-0.15, -0.1) is 13.2 Å². The molecule has 316 valence electrons. The predicted molar refractivity (Wildman–Crippen MR) is 230 cm³/mol. The summed E-state index contributed by atoms with van der Waals surface area (Å²) in [5, 5.41) is 8.08. The molecule has 4 atom stereocenters. The van der Waals surface area contributed by atoms with E-state index in [1.165, 1.54) is 17.5 Å². The summed E-state index contributed by atoms with van der Waals surface area (Å²) in [5.41, 5.74) is 0.654. The van der Waals surface area contributed by atoms with E-state index < -0.39 is 41.3 Å². The van der Waals surface area contributed by atoms with E-state index in [-0.39, 0.29) is 35.9 Å². The average molecular weight is 817 g/mol. The maximum Gasteiger partial charge on any atom is 0.408 e. The van der Waals surface area contributed by atoms with E-state index in [0.717, 1.165) is 85.6 Å². The third kappa shape index (κ3) is 10.9. The highest BCUT2D eigenvalue weighted by Crippen LogP contribution is 2.52. The number of ether oxygens (including phenoxy) is 3. The lowest BCUT2D eigenvalue weighted by atomic mass is 9.85. The van der Waals surface area contributed by atoms with Crippen LogP contribution in [0.1, 0.15) is 135 Å². The van der Waals surface area contributed by atoms with Gasteiger partial charge in [-0.1, -0.05) is 43.9 Å². The first kappa shape index (κ1) is 43.4. The van der Waals surface area contributed by atoms with Crippen molar-refractivity contribution in [2.75, 3.05) is 13.7 Å². The molecule has 4 aliphatic rings. The number of likely N-dealkylation sites (tertiary alicyclic amines) is 1. The zero-order valence-corrected chi connectivity index (χ0v) is 36.0. The quantitative estimate of drug-likeness (QED) is 0.0730. The first-order chi connectivity index (χ1) is 27.7. The summed E-state index contributed by atoms with van der Waals surface area (Å²) in [5.74, 6) is 0.893. The Kier molecular flexibility index (Phi) is 13.8. The SMILES string of the molecule is C=CCCCCCCCC(NC(=O)OC(C)(C)C)C(=O)N1CC2(CCc3c(c(C4CC4)cc4ccc(OC)cc34)O2)CC1C(=O)NC(CC=C)C(=O)NSC1(C)CC1. The number of nitrogens with one attached hydrogen (secondary N) is 3. The second-order valence-electron chi connectivity index (χ2n) is 18.0. The maximum atomic E-state index is 14.9. The van der Waals surface area contributed by atoms with E-state index in [2.05, 4.69) is 53.6 Å². The number of amides is 4. The first-order valence-electron chi connectivity index (χ1n) is 21.3. The number of methoxy groups -OCH3 is 1. The normalized spacial score (nSPS) is 21.6. The van der Waals surface area contributed by atoms with Crippen LogP contribution in [-0.4, -0.2) is 76.4 Å². The van der Waals surface area contributed by atoms with Crippen molar-refractivity contribution < 1.29 is 33.4 Å². The molecule has 0 radical (unpaired) electrons. The van der Waals surface area contributed by atoms with E-state index in [9.17, 15) is 19.2 Å². The Labute approximate surface area is 349 Å². The van der Waals surface area contributed by atoms with Gasteiger partial charge in [-0.05, 0) is 144 Å². The molecule has 58 heavy (non-hydrogen) atoms. The highest BCUT2D eigenvalue weighted by atomic mass is 32.2. The molecule has 2 aliphatic carbocycles. The number of hydrogen-bond donors (Lipinski definition) is 3. The summed E-state index contributed by atoms with van der Waals surface area (Å²) in [6.45, 7) is 15.3. The van der Waals surface area contributed by atoms with Crippen LogP contribution >= 0.6 is 11.9 Å². The summed E-state index contributed by atoms with van der Waals surface area (Å²) >= 11 is 1.39. The van der Waals surface area contributed by atoms with Gasteiger partial charge in [0.2, 0.25) is 11.8 Å². The largest absolute Gasteiger partial charge is 0.497 e. The highest BCUT2D eigenvalue weighted by Gasteiger charge is 2.54. The lowest BCUT2D eigenvalue weighted by Crippen LogP contribution is -2.56. The molecule has 1 saturated heterocycles. The van der Waals surface area contributed by atoms with Crippen LogP contribution in [0.5, 0.6) is 11.5 Å². The smallest absolute Gasteiger partial charge is 0.408 e. The van der Waals surface area contributed by atoms with Gasteiger partial charge in [-0.25, -0.2) is 4.79 Å². The van der Waals surface area contributed by atoms with Crippen molar-refractivity contribution >= 4 is 46.5 Å². The second kappa shape index (κ2) is 18.4. The number of fused-ring (bicyclic) bond motifs is 3. The second-order valence-corrected chi connectivity index (χ2v) is 19.4. The minimum atomic E-state index is -0.950. The summed E-state index contributed by atoms with van der Waals surface area (Å²) in [6.07, 6.45) is 14.9. The van der Waals surface area contributed by atoms with Crippen LogP contribution in [-0.2, 0) is 25.5 Å². The lowest BCUT2D eigenvalue weighted by molar-refractivity contribution is -0.141. The van der Waals surface area contributed by atoms with E-state index in [1.54, 1.807) is 38.9 Å². The van der Waals surface area contributed by atoms with Gasteiger partial charge < -0.3 is 29.7 Å². The molecule has 1 spiro atoms. The molecule has 2 heterocycles.